The molecular formula is C10H13N5S2. The van der Waals surface area contributed by atoms with E-state index in [0.717, 1.165) is 27.9 Å². The fourth-order valence-electron chi connectivity index (χ4n) is 1.26. The van der Waals surface area contributed by atoms with Crippen LogP contribution in [0.5, 0.6) is 0 Å². The summed E-state index contributed by atoms with van der Waals surface area (Å²) in [6.07, 6.45) is 2.59. The number of nitrogens with zero attached hydrogens (tertiary/aromatic N) is 3. The zero-order valence-corrected chi connectivity index (χ0v) is 11.0. The van der Waals surface area contributed by atoms with Gasteiger partial charge in [-0.3, -0.25) is 0 Å². The number of rotatable bonds is 5. The summed E-state index contributed by atoms with van der Waals surface area (Å²) in [5.74, 6) is 7.79. The van der Waals surface area contributed by atoms with E-state index in [1.165, 1.54) is 11.5 Å². The van der Waals surface area contributed by atoms with Crippen molar-refractivity contribution >= 4 is 29.1 Å². The lowest BCUT2D eigenvalue weighted by Gasteiger charge is -2.05. The third-order valence-electron chi connectivity index (χ3n) is 2.14. The van der Waals surface area contributed by atoms with Crippen molar-refractivity contribution < 1.29 is 0 Å². The maximum Gasteiger partial charge on any atom is 0.170 e. The molecule has 2 aromatic heterocycles. The van der Waals surface area contributed by atoms with Crippen molar-refractivity contribution in [1.29, 1.82) is 0 Å². The van der Waals surface area contributed by atoms with Gasteiger partial charge in [-0.1, -0.05) is 24.8 Å². The summed E-state index contributed by atoms with van der Waals surface area (Å²) in [4.78, 5) is 8.55. The SMILES string of the molecule is CCc1nsc(SCc2cccnc2NN)n1. The Labute approximate surface area is 108 Å². The predicted molar refractivity (Wildman–Crippen MR) is 70.9 cm³/mol. The zero-order chi connectivity index (χ0) is 12.1. The Kier molecular flexibility index (Phi) is 4.29. The molecule has 0 unspecified atom stereocenters. The van der Waals surface area contributed by atoms with Crippen molar-refractivity contribution in [3.05, 3.63) is 29.7 Å². The molecule has 0 saturated carbocycles. The number of pyridine rings is 1. The van der Waals surface area contributed by atoms with Crippen LogP contribution < -0.4 is 11.3 Å². The normalized spacial score (nSPS) is 10.5. The van der Waals surface area contributed by atoms with Gasteiger partial charge in [0.2, 0.25) is 0 Å². The lowest BCUT2D eigenvalue weighted by molar-refractivity contribution is 0.971. The first-order chi connectivity index (χ1) is 8.33. The molecule has 5 nitrogen and oxygen atoms in total. The Morgan fingerprint density at radius 2 is 2.41 bits per heavy atom. The molecule has 0 fully saturated rings. The molecule has 0 atom stereocenters. The van der Waals surface area contributed by atoms with Gasteiger partial charge in [-0.05, 0) is 17.6 Å². The lowest BCUT2D eigenvalue weighted by atomic mass is 10.3. The summed E-state index contributed by atoms with van der Waals surface area (Å²) in [5.41, 5.74) is 3.65. The van der Waals surface area contributed by atoms with E-state index in [0.29, 0.717) is 5.82 Å². The highest BCUT2D eigenvalue weighted by molar-refractivity contribution is 8.00. The second-order valence-corrected chi connectivity index (χ2v) is 5.25. The van der Waals surface area contributed by atoms with Gasteiger partial charge in [0.25, 0.3) is 0 Å². The monoisotopic (exact) mass is 267 g/mol. The zero-order valence-electron chi connectivity index (χ0n) is 9.38. The number of hydrogen-bond acceptors (Lipinski definition) is 7. The molecule has 0 radical (unpaired) electrons. The first-order valence-electron chi connectivity index (χ1n) is 5.19. The van der Waals surface area contributed by atoms with Crippen LogP contribution >= 0.6 is 23.3 Å². The van der Waals surface area contributed by atoms with E-state index < -0.39 is 0 Å². The number of hydrazine groups is 1. The Morgan fingerprint density at radius 3 is 3.12 bits per heavy atom. The molecule has 0 saturated heterocycles. The lowest BCUT2D eigenvalue weighted by Crippen LogP contribution is -2.10. The molecule has 0 amide bonds. The molecule has 0 spiro atoms. The van der Waals surface area contributed by atoms with E-state index in [4.69, 9.17) is 5.84 Å². The average Bonchev–Trinajstić information content (AvgIpc) is 2.84. The Hall–Kier alpha value is -1.18. The maximum atomic E-state index is 5.40. The molecule has 17 heavy (non-hydrogen) atoms. The molecule has 2 heterocycles. The minimum absolute atomic E-state index is 0.709. The van der Waals surface area contributed by atoms with E-state index in [1.54, 1.807) is 18.0 Å². The number of aryl methyl sites for hydroxylation is 1. The summed E-state index contributed by atoms with van der Waals surface area (Å²) in [7, 11) is 0. The molecule has 0 aromatic carbocycles. The second-order valence-electron chi connectivity index (χ2n) is 3.27. The van der Waals surface area contributed by atoms with Crippen LogP contribution in [0.1, 0.15) is 18.3 Å². The predicted octanol–water partition coefficient (Wildman–Crippen LogP) is 2.07. The highest BCUT2D eigenvalue weighted by Gasteiger charge is 2.06. The van der Waals surface area contributed by atoms with Crippen LogP contribution in [0.2, 0.25) is 0 Å². The van der Waals surface area contributed by atoms with E-state index in [9.17, 15) is 0 Å². The fourth-order valence-corrected chi connectivity index (χ4v) is 2.95. The van der Waals surface area contributed by atoms with Crippen LogP contribution in [0.3, 0.4) is 0 Å². The van der Waals surface area contributed by atoms with Gasteiger partial charge < -0.3 is 5.43 Å². The van der Waals surface area contributed by atoms with Crippen molar-refractivity contribution in [2.24, 2.45) is 5.84 Å². The van der Waals surface area contributed by atoms with Gasteiger partial charge in [-0.2, -0.15) is 4.37 Å². The third kappa shape index (κ3) is 3.15. The van der Waals surface area contributed by atoms with Crippen LogP contribution in [0.4, 0.5) is 5.82 Å². The van der Waals surface area contributed by atoms with Crippen LogP contribution in [0.15, 0.2) is 22.7 Å². The minimum atomic E-state index is 0.709. The Bertz CT molecular complexity index is 485. The molecule has 0 aliphatic heterocycles. The number of nitrogen functional groups attached to an aromatic ring is 1. The maximum absolute atomic E-state index is 5.40. The van der Waals surface area contributed by atoms with E-state index in [1.807, 2.05) is 19.1 Å². The van der Waals surface area contributed by atoms with Gasteiger partial charge in [-0.15, -0.1) is 0 Å². The van der Waals surface area contributed by atoms with Crippen LogP contribution in [0.25, 0.3) is 0 Å². The molecule has 0 aliphatic rings. The van der Waals surface area contributed by atoms with Crippen molar-refractivity contribution in [2.75, 3.05) is 5.43 Å². The Balaban J connectivity index is 2.01. The molecule has 7 heteroatoms. The highest BCUT2D eigenvalue weighted by atomic mass is 32.2. The molecular weight excluding hydrogens is 254 g/mol. The summed E-state index contributed by atoms with van der Waals surface area (Å²) in [5, 5.41) is 0. The second kappa shape index (κ2) is 5.95. The van der Waals surface area contributed by atoms with Crippen molar-refractivity contribution in [3.63, 3.8) is 0 Å². The van der Waals surface area contributed by atoms with Gasteiger partial charge in [0.05, 0.1) is 0 Å². The summed E-state index contributed by atoms with van der Waals surface area (Å²) >= 11 is 3.09. The fraction of sp³-hybridized carbons (Fsp3) is 0.300. The first kappa shape index (κ1) is 12.3. The molecule has 2 aromatic rings. The van der Waals surface area contributed by atoms with Crippen molar-refractivity contribution in [3.8, 4) is 0 Å². The quantitative estimate of drug-likeness (QED) is 0.490. The van der Waals surface area contributed by atoms with Gasteiger partial charge in [-0.25, -0.2) is 15.8 Å². The topological polar surface area (TPSA) is 76.7 Å². The van der Waals surface area contributed by atoms with Gasteiger partial charge >= 0.3 is 0 Å². The highest BCUT2D eigenvalue weighted by Crippen LogP contribution is 2.26. The van der Waals surface area contributed by atoms with Crippen molar-refractivity contribution in [2.45, 2.75) is 23.4 Å². The number of hydrogen-bond donors (Lipinski definition) is 2. The number of aromatic nitrogens is 3. The van der Waals surface area contributed by atoms with Crippen LogP contribution in [-0.2, 0) is 12.2 Å². The largest absolute Gasteiger partial charge is 0.308 e. The molecule has 3 N–H and O–H groups in total. The Morgan fingerprint density at radius 1 is 1.53 bits per heavy atom. The van der Waals surface area contributed by atoms with Crippen LogP contribution in [-0.4, -0.2) is 14.3 Å². The van der Waals surface area contributed by atoms with Gasteiger partial charge in [0.15, 0.2) is 4.34 Å². The summed E-state index contributed by atoms with van der Waals surface area (Å²) < 4.78 is 5.22. The smallest absolute Gasteiger partial charge is 0.170 e. The standard InChI is InChI=1S/C10H13N5S2/c1-2-8-13-10(17-15-8)16-6-7-4-3-5-12-9(7)14-11/h3-5H,2,6,11H2,1H3,(H,12,14). The van der Waals surface area contributed by atoms with Crippen molar-refractivity contribution in [1.82, 2.24) is 14.3 Å². The molecule has 0 bridgehead atoms. The number of nitrogens with one attached hydrogen (secondary N) is 1. The third-order valence-corrected chi connectivity index (χ3v) is 4.07. The number of nitrogens with two attached hydrogens (primary N) is 1. The van der Waals surface area contributed by atoms with Gasteiger partial charge in [0, 0.05) is 23.9 Å². The van der Waals surface area contributed by atoms with Crippen LogP contribution in [0, 0.1) is 0 Å². The summed E-state index contributed by atoms with van der Waals surface area (Å²) in [6.45, 7) is 2.05. The molecule has 0 aliphatic carbocycles. The van der Waals surface area contributed by atoms with E-state index in [-0.39, 0.29) is 0 Å². The molecule has 90 valence electrons. The summed E-state index contributed by atoms with van der Waals surface area (Å²) in [6, 6.07) is 3.89. The van der Waals surface area contributed by atoms with E-state index >= 15 is 0 Å². The number of thioether (sulfide) groups is 1. The first-order valence-corrected chi connectivity index (χ1v) is 6.95. The van der Waals surface area contributed by atoms with Gasteiger partial charge in [0.1, 0.15) is 11.6 Å². The minimum Gasteiger partial charge on any atom is -0.308 e. The van der Waals surface area contributed by atoms with E-state index in [2.05, 4.69) is 19.8 Å². The average molecular weight is 267 g/mol. The molecule has 2 rings (SSSR count). The number of anilines is 1.